The summed E-state index contributed by atoms with van der Waals surface area (Å²) in [5.74, 6) is 1.36. The number of hydrogen-bond acceptors (Lipinski definition) is 5. The summed E-state index contributed by atoms with van der Waals surface area (Å²) in [4.78, 5) is 34.7. The van der Waals surface area contributed by atoms with Gasteiger partial charge in [0.05, 0.1) is 36.9 Å². The number of benzene rings is 3. The maximum absolute atomic E-state index is 14.1. The molecule has 0 saturated carbocycles. The highest BCUT2D eigenvalue weighted by molar-refractivity contribution is 6.30. The molecule has 0 bridgehead atoms. The molecule has 0 fully saturated rings. The zero-order valence-corrected chi connectivity index (χ0v) is 22.9. The maximum atomic E-state index is 14.1. The minimum absolute atomic E-state index is 0.187. The zero-order valence-electron chi connectivity index (χ0n) is 22.1. The molecule has 1 unspecified atom stereocenters. The van der Waals surface area contributed by atoms with Crippen LogP contribution in [0.1, 0.15) is 55.3 Å². The topological polar surface area (TPSA) is 73.7 Å². The fraction of sp³-hybridized carbons (Fsp3) is 0.300. The SMILES string of the molecule is CCCCN(C(=O)c1cc(OC)cc(OC)c1)C(CC)c1nc2ccccc2c(=O)n1-c1ccc(Cl)cc1. The molecule has 0 aliphatic rings. The van der Waals surface area contributed by atoms with Crippen molar-refractivity contribution in [1.82, 2.24) is 14.5 Å². The first kappa shape index (κ1) is 27.2. The Morgan fingerprint density at radius 1 is 1.00 bits per heavy atom. The highest BCUT2D eigenvalue weighted by Crippen LogP contribution is 2.30. The van der Waals surface area contributed by atoms with Crippen LogP contribution in [0.25, 0.3) is 16.6 Å². The monoisotopic (exact) mass is 533 g/mol. The number of amides is 1. The number of carbonyl (C=O) groups is 1. The summed E-state index contributed by atoms with van der Waals surface area (Å²) in [5, 5.41) is 1.07. The number of para-hydroxylation sites is 1. The van der Waals surface area contributed by atoms with Gasteiger partial charge in [-0.1, -0.05) is 44.0 Å². The number of aromatic nitrogens is 2. The summed E-state index contributed by atoms with van der Waals surface area (Å²) in [7, 11) is 3.10. The summed E-state index contributed by atoms with van der Waals surface area (Å²) < 4.78 is 12.4. The van der Waals surface area contributed by atoms with E-state index in [1.807, 2.05) is 25.1 Å². The predicted molar refractivity (Wildman–Crippen MR) is 151 cm³/mol. The van der Waals surface area contributed by atoms with Crippen molar-refractivity contribution in [2.24, 2.45) is 0 Å². The lowest BCUT2D eigenvalue weighted by atomic mass is 10.1. The molecule has 3 aromatic carbocycles. The molecule has 4 rings (SSSR count). The largest absolute Gasteiger partial charge is 0.497 e. The normalized spacial score (nSPS) is 11.8. The lowest BCUT2D eigenvalue weighted by Crippen LogP contribution is -2.39. The van der Waals surface area contributed by atoms with Crippen LogP contribution in [0.15, 0.2) is 71.5 Å². The van der Waals surface area contributed by atoms with Crippen LogP contribution in [-0.4, -0.2) is 41.1 Å². The molecule has 0 aliphatic heterocycles. The van der Waals surface area contributed by atoms with Crippen molar-refractivity contribution in [2.75, 3.05) is 20.8 Å². The molecule has 0 radical (unpaired) electrons. The molecule has 1 aromatic heterocycles. The van der Waals surface area contributed by atoms with Gasteiger partial charge in [-0.2, -0.15) is 0 Å². The Kier molecular flexibility index (Phi) is 8.69. The highest BCUT2D eigenvalue weighted by Gasteiger charge is 2.30. The number of rotatable bonds is 10. The molecule has 1 amide bonds. The van der Waals surface area contributed by atoms with E-state index in [4.69, 9.17) is 26.1 Å². The number of ether oxygens (including phenoxy) is 2. The Balaban J connectivity index is 1.93. The van der Waals surface area contributed by atoms with Gasteiger partial charge in [-0.15, -0.1) is 0 Å². The molecule has 8 heteroatoms. The Morgan fingerprint density at radius 2 is 1.66 bits per heavy atom. The summed E-state index contributed by atoms with van der Waals surface area (Å²) in [6.45, 7) is 4.57. The van der Waals surface area contributed by atoms with Crippen LogP contribution in [0, 0.1) is 0 Å². The predicted octanol–water partition coefficient (Wildman–Crippen LogP) is 6.45. The summed E-state index contributed by atoms with van der Waals surface area (Å²) in [5.41, 5.74) is 1.47. The second-order valence-corrected chi connectivity index (χ2v) is 9.42. The zero-order chi connectivity index (χ0) is 27.2. The summed E-state index contributed by atoms with van der Waals surface area (Å²) in [6, 6.07) is 19.0. The number of carbonyl (C=O) groups excluding carboxylic acids is 1. The lowest BCUT2D eigenvalue weighted by molar-refractivity contribution is 0.0655. The van der Waals surface area contributed by atoms with Gasteiger partial charge in [-0.3, -0.25) is 14.2 Å². The minimum atomic E-state index is -0.473. The quantitative estimate of drug-likeness (QED) is 0.234. The molecular formula is C30H32ClN3O4. The third-order valence-electron chi connectivity index (χ3n) is 6.56. The summed E-state index contributed by atoms with van der Waals surface area (Å²) in [6.07, 6.45) is 2.24. The third-order valence-corrected chi connectivity index (χ3v) is 6.81. The first-order valence-electron chi connectivity index (χ1n) is 12.7. The molecule has 7 nitrogen and oxygen atoms in total. The van der Waals surface area contributed by atoms with Crippen LogP contribution in [0.4, 0.5) is 0 Å². The number of halogens is 1. The summed E-state index contributed by atoms with van der Waals surface area (Å²) >= 11 is 6.15. The number of methoxy groups -OCH3 is 2. The lowest BCUT2D eigenvalue weighted by Gasteiger charge is -2.32. The van der Waals surface area contributed by atoms with Crippen molar-refractivity contribution in [2.45, 2.75) is 39.2 Å². The maximum Gasteiger partial charge on any atom is 0.266 e. The number of unbranched alkanes of at least 4 members (excludes halogenated alkanes) is 1. The van der Waals surface area contributed by atoms with Gasteiger partial charge in [0.2, 0.25) is 0 Å². The highest BCUT2D eigenvalue weighted by atomic mass is 35.5. The van der Waals surface area contributed by atoms with Crippen molar-refractivity contribution in [3.05, 3.63) is 93.5 Å². The smallest absolute Gasteiger partial charge is 0.266 e. The van der Waals surface area contributed by atoms with E-state index >= 15 is 0 Å². The van der Waals surface area contributed by atoms with E-state index in [9.17, 15) is 9.59 Å². The number of fused-ring (bicyclic) bond motifs is 1. The van der Waals surface area contributed by atoms with E-state index in [-0.39, 0.29) is 11.5 Å². The van der Waals surface area contributed by atoms with Crippen LogP contribution in [-0.2, 0) is 0 Å². The molecular weight excluding hydrogens is 502 g/mol. The molecule has 0 N–H and O–H groups in total. The van der Waals surface area contributed by atoms with Gasteiger partial charge < -0.3 is 14.4 Å². The number of hydrogen-bond donors (Lipinski definition) is 0. The van der Waals surface area contributed by atoms with Crippen LogP contribution in [0.2, 0.25) is 5.02 Å². The standard InChI is InChI=1S/C30H32ClN3O4/c1-5-7-16-33(29(35)20-17-23(37-3)19-24(18-20)38-4)27(6-2)28-32-26-11-9-8-10-25(26)30(36)34(28)22-14-12-21(31)13-15-22/h8-15,17-19,27H,5-7,16H2,1-4H3. The number of nitrogens with zero attached hydrogens (tertiary/aromatic N) is 3. The van der Waals surface area contributed by atoms with E-state index < -0.39 is 6.04 Å². The van der Waals surface area contributed by atoms with E-state index in [1.165, 1.54) is 0 Å². The van der Waals surface area contributed by atoms with Gasteiger partial charge in [0.1, 0.15) is 17.3 Å². The average Bonchev–Trinajstić information content (AvgIpc) is 2.95. The first-order valence-corrected chi connectivity index (χ1v) is 13.1. The van der Waals surface area contributed by atoms with E-state index in [0.29, 0.717) is 57.5 Å². The van der Waals surface area contributed by atoms with Gasteiger partial charge >= 0.3 is 0 Å². The van der Waals surface area contributed by atoms with Crippen molar-refractivity contribution < 1.29 is 14.3 Å². The molecule has 38 heavy (non-hydrogen) atoms. The molecule has 0 saturated heterocycles. The molecule has 0 spiro atoms. The van der Waals surface area contributed by atoms with Crippen LogP contribution in [0.3, 0.4) is 0 Å². The van der Waals surface area contributed by atoms with Gasteiger partial charge in [0, 0.05) is 23.2 Å². The molecule has 198 valence electrons. The Bertz CT molecular complexity index is 1460. The van der Waals surface area contributed by atoms with Crippen molar-refractivity contribution >= 4 is 28.4 Å². The molecule has 0 aliphatic carbocycles. The molecule has 1 atom stereocenters. The second kappa shape index (κ2) is 12.1. The molecule has 1 heterocycles. The van der Waals surface area contributed by atoms with E-state index in [2.05, 4.69) is 6.92 Å². The van der Waals surface area contributed by atoms with Crippen molar-refractivity contribution in [1.29, 1.82) is 0 Å². The Labute approximate surface area is 227 Å². The van der Waals surface area contributed by atoms with Crippen LogP contribution in [0.5, 0.6) is 11.5 Å². The minimum Gasteiger partial charge on any atom is -0.497 e. The third kappa shape index (κ3) is 5.53. The van der Waals surface area contributed by atoms with Gasteiger partial charge in [0.25, 0.3) is 11.5 Å². The van der Waals surface area contributed by atoms with Crippen molar-refractivity contribution in [3.8, 4) is 17.2 Å². The van der Waals surface area contributed by atoms with E-state index in [1.54, 1.807) is 72.2 Å². The van der Waals surface area contributed by atoms with Crippen LogP contribution < -0.4 is 15.0 Å². The second-order valence-electron chi connectivity index (χ2n) is 8.98. The van der Waals surface area contributed by atoms with Gasteiger partial charge in [0.15, 0.2) is 0 Å². The fourth-order valence-corrected chi connectivity index (χ4v) is 4.71. The van der Waals surface area contributed by atoms with Crippen molar-refractivity contribution in [3.63, 3.8) is 0 Å². The van der Waals surface area contributed by atoms with Gasteiger partial charge in [-0.05, 0) is 61.4 Å². The van der Waals surface area contributed by atoms with Crippen LogP contribution >= 0.6 is 11.6 Å². The fourth-order valence-electron chi connectivity index (χ4n) is 4.58. The molecule has 4 aromatic rings. The van der Waals surface area contributed by atoms with Gasteiger partial charge in [-0.25, -0.2) is 4.98 Å². The first-order chi connectivity index (χ1) is 18.4. The Hall–Kier alpha value is -3.84. The Morgan fingerprint density at radius 3 is 2.26 bits per heavy atom. The van der Waals surface area contributed by atoms with E-state index in [0.717, 1.165) is 12.8 Å². The average molecular weight is 534 g/mol.